The second-order valence-electron chi connectivity index (χ2n) is 4.64. The zero-order valence-electron chi connectivity index (χ0n) is 12.3. The first-order valence-electron chi connectivity index (χ1n) is 6.62. The van der Waals surface area contributed by atoms with Gasteiger partial charge < -0.3 is 9.47 Å². The van der Waals surface area contributed by atoms with Crippen molar-refractivity contribution < 1.29 is 19.1 Å². The Hall–Kier alpha value is -2.33. The number of ketones is 1. The molecule has 0 saturated heterocycles. The molecule has 0 saturated carbocycles. The van der Waals surface area contributed by atoms with Crippen LogP contribution in [0.2, 0.25) is 5.02 Å². The molecule has 22 heavy (non-hydrogen) atoms. The van der Waals surface area contributed by atoms with Gasteiger partial charge in [0.25, 0.3) is 0 Å². The monoisotopic (exact) mass is 318 g/mol. The number of carbonyl (C=O) groups excluding carboxylic acids is 2. The van der Waals surface area contributed by atoms with Crippen molar-refractivity contribution in [2.75, 3.05) is 7.11 Å². The van der Waals surface area contributed by atoms with Crippen molar-refractivity contribution in [2.45, 2.75) is 13.5 Å². The van der Waals surface area contributed by atoms with Gasteiger partial charge in [-0.3, -0.25) is 4.79 Å². The minimum Gasteiger partial charge on any atom is -0.489 e. The van der Waals surface area contributed by atoms with Gasteiger partial charge in [0.2, 0.25) is 0 Å². The van der Waals surface area contributed by atoms with Gasteiger partial charge in [0.15, 0.2) is 5.78 Å². The normalized spacial score (nSPS) is 10.1. The third kappa shape index (κ3) is 3.65. The summed E-state index contributed by atoms with van der Waals surface area (Å²) in [6.45, 7) is 1.66. The second-order valence-corrected chi connectivity index (χ2v) is 5.04. The Balaban J connectivity index is 2.24. The second kappa shape index (κ2) is 7.09. The van der Waals surface area contributed by atoms with Crippen molar-refractivity contribution in [1.82, 2.24) is 0 Å². The number of hydrogen-bond acceptors (Lipinski definition) is 4. The van der Waals surface area contributed by atoms with Crippen LogP contribution in [-0.4, -0.2) is 18.9 Å². The van der Waals surface area contributed by atoms with Gasteiger partial charge in [0.1, 0.15) is 12.4 Å². The van der Waals surface area contributed by atoms with Crippen LogP contribution in [0, 0.1) is 0 Å². The summed E-state index contributed by atoms with van der Waals surface area (Å²) in [7, 11) is 1.27. The fraction of sp³-hybridized carbons (Fsp3) is 0.176. The molecular formula is C17H15ClO4. The topological polar surface area (TPSA) is 52.6 Å². The number of benzene rings is 2. The molecule has 0 aliphatic carbocycles. The number of methoxy groups -OCH3 is 1. The Labute approximate surface area is 133 Å². The number of halogens is 1. The summed E-state index contributed by atoms with van der Waals surface area (Å²) in [6.07, 6.45) is 0. The minimum atomic E-state index is -0.576. The van der Waals surface area contributed by atoms with Crippen LogP contribution in [0.15, 0.2) is 42.5 Å². The number of esters is 1. The first-order chi connectivity index (χ1) is 10.5. The highest BCUT2D eigenvalue weighted by atomic mass is 35.5. The van der Waals surface area contributed by atoms with E-state index in [4.69, 9.17) is 21.1 Å². The Morgan fingerprint density at radius 2 is 1.82 bits per heavy atom. The van der Waals surface area contributed by atoms with Gasteiger partial charge in [0.05, 0.1) is 12.7 Å². The van der Waals surface area contributed by atoms with E-state index in [2.05, 4.69) is 0 Å². The Kier molecular flexibility index (Phi) is 5.17. The SMILES string of the molecule is COC(=O)c1cc(OCc2ccccc2Cl)ccc1C(C)=O. The summed E-state index contributed by atoms with van der Waals surface area (Å²) in [5.41, 5.74) is 1.32. The van der Waals surface area contributed by atoms with E-state index in [1.807, 2.05) is 18.2 Å². The van der Waals surface area contributed by atoms with Gasteiger partial charge in [-0.25, -0.2) is 4.79 Å². The molecule has 5 heteroatoms. The smallest absolute Gasteiger partial charge is 0.338 e. The number of ether oxygens (including phenoxy) is 2. The van der Waals surface area contributed by atoms with Crippen molar-refractivity contribution in [3.8, 4) is 5.75 Å². The molecule has 114 valence electrons. The molecule has 0 aliphatic heterocycles. The number of rotatable bonds is 5. The van der Waals surface area contributed by atoms with E-state index in [-0.39, 0.29) is 18.0 Å². The minimum absolute atomic E-state index is 0.187. The highest BCUT2D eigenvalue weighted by molar-refractivity contribution is 6.31. The van der Waals surface area contributed by atoms with E-state index in [0.29, 0.717) is 16.3 Å². The molecule has 0 heterocycles. The largest absolute Gasteiger partial charge is 0.489 e. The van der Waals surface area contributed by atoms with Gasteiger partial charge in [-0.05, 0) is 31.2 Å². The van der Waals surface area contributed by atoms with Crippen LogP contribution in [-0.2, 0) is 11.3 Å². The lowest BCUT2D eigenvalue weighted by Crippen LogP contribution is -2.09. The van der Waals surface area contributed by atoms with E-state index in [0.717, 1.165) is 5.56 Å². The van der Waals surface area contributed by atoms with Crippen molar-refractivity contribution >= 4 is 23.4 Å². The highest BCUT2D eigenvalue weighted by Crippen LogP contribution is 2.22. The maximum absolute atomic E-state index is 11.8. The average molecular weight is 319 g/mol. The predicted molar refractivity (Wildman–Crippen MR) is 83.6 cm³/mol. The maximum Gasteiger partial charge on any atom is 0.338 e. The quantitative estimate of drug-likeness (QED) is 0.619. The summed E-state index contributed by atoms with van der Waals surface area (Å²) in [5, 5.41) is 0.607. The Morgan fingerprint density at radius 3 is 2.45 bits per heavy atom. The van der Waals surface area contributed by atoms with Crippen LogP contribution in [0.4, 0.5) is 0 Å². The third-order valence-corrected chi connectivity index (χ3v) is 3.50. The molecule has 0 fully saturated rings. The molecular weight excluding hydrogens is 304 g/mol. The lowest BCUT2D eigenvalue weighted by molar-refractivity contribution is 0.0596. The van der Waals surface area contributed by atoms with Crippen molar-refractivity contribution in [2.24, 2.45) is 0 Å². The molecule has 2 aromatic rings. The van der Waals surface area contributed by atoms with E-state index in [1.165, 1.54) is 20.1 Å². The summed E-state index contributed by atoms with van der Waals surface area (Å²) in [5.74, 6) is -0.322. The van der Waals surface area contributed by atoms with Gasteiger partial charge in [-0.2, -0.15) is 0 Å². The van der Waals surface area contributed by atoms with Crippen LogP contribution in [0.1, 0.15) is 33.2 Å². The predicted octanol–water partition coefficient (Wildman–Crippen LogP) is 3.91. The standard InChI is InChI=1S/C17H15ClO4/c1-11(19)14-8-7-13(9-15(14)17(20)21-2)22-10-12-5-3-4-6-16(12)18/h3-9H,10H2,1-2H3. The van der Waals surface area contributed by atoms with E-state index in [1.54, 1.807) is 18.2 Å². The molecule has 0 amide bonds. The molecule has 0 radical (unpaired) electrons. The van der Waals surface area contributed by atoms with E-state index in [9.17, 15) is 9.59 Å². The first kappa shape index (κ1) is 16.0. The van der Waals surface area contributed by atoms with Crippen molar-refractivity contribution in [3.05, 3.63) is 64.2 Å². The lowest BCUT2D eigenvalue weighted by atomic mass is 10.0. The summed E-state index contributed by atoms with van der Waals surface area (Å²) in [4.78, 5) is 23.3. The van der Waals surface area contributed by atoms with E-state index >= 15 is 0 Å². The summed E-state index contributed by atoms with van der Waals surface area (Å²) < 4.78 is 10.3. The summed E-state index contributed by atoms with van der Waals surface area (Å²) >= 11 is 6.06. The van der Waals surface area contributed by atoms with Crippen LogP contribution >= 0.6 is 11.6 Å². The van der Waals surface area contributed by atoms with E-state index < -0.39 is 5.97 Å². The van der Waals surface area contributed by atoms with Crippen molar-refractivity contribution in [3.63, 3.8) is 0 Å². The van der Waals surface area contributed by atoms with Gasteiger partial charge in [0, 0.05) is 16.1 Å². The summed E-state index contributed by atoms with van der Waals surface area (Å²) in [6, 6.07) is 12.0. The average Bonchev–Trinajstić information content (AvgIpc) is 2.53. The Morgan fingerprint density at radius 1 is 1.09 bits per heavy atom. The fourth-order valence-electron chi connectivity index (χ4n) is 1.98. The first-order valence-corrected chi connectivity index (χ1v) is 7.00. The van der Waals surface area contributed by atoms with Gasteiger partial charge in [-0.15, -0.1) is 0 Å². The molecule has 0 unspecified atom stereocenters. The molecule has 2 aromatic carbocycles. The van der Waals surface area contributed by atoms with Crippen LogP contribution in [0.5, 0.6) is 5.75 Å². The third-order valence-electron chi connectivity index (χ3n) is 3.13. The van der Waals surface area contributed by atoms with Crippen molar-refractivity contribution in [1.29, 1.82) is 0 Å². The van der Waals surface area contributed by atoms with Crippen LogP contribution in [0.3, 0.4) is 0 Å². The lowest BCUT2D eigenvalue weighted by Gasteiger charge is -2.11. The highest BCUT2D eigenvalue weighted by Gasteiger charge is 2.16. The fourth-order valence-corrected chi connectivity index (χ4v) is 2.17. The van der Waals surface area contributed by atoms with Crippen LogP contribution < -0.4 is 4.74 Å². The number of Topliss-reactive ketones (excluding diaryl/α,β-unsaturated/α-hetero) is 1. The maximum atomic E-state index is 11.8. The zero-order chi connectivity index (χ0) is 16.1. The molecule has 0 atom stereocenters. The molecule has 4 nitrogen and oxygen atoms in total. The van der Waals surface area contributed by atoms with Gasteiger partial charge in [-0.1, -0.05) is 29.8 Å². The van der Waals surface area contributed by atoms with Gasteiger partial charge >= 0.3 is 5.97 Å². The zero-order valence-corrected chi connectivity index (χ0v) is 13.0. The van der Waals surface area contributed by atoms with Crippen LogP contribution in [0.25, 0.3) is 0 Å². The molecule has 0 aromatic heterocycles. The number of carbonyl (C=O) groups is 2. The molecule has 0 spiro atoms. The molecule has 0 aliphatic rings. The Bertz CT molecular complexity index is 710. The number of hydrogen-bond donors (Lipinski definition) is 0. The molecule has 0 N–H and O–H groups in total. The molecule has 0 bridgehead atoms. The molecule has 2 rings (SSSR count).